The molecule has 0 bridgehead atoms. The van der Waals surface area contributed by atoms with E-state index < -0.39 is 0 Å². The number of allylic oxidation sites excluding steroid dienone is 2. The van der Waals surface area contributed by atoms with E-state index in [0.717, 1.165) is 12.0 Å². The van der Waals surface area contributed by atoms with Crippen LogP contribution in [0.15, 0.2) is 29.4 Å². The van der Waals surface area contributed by atoms with Gasteiger partial charge in [-0.3, -0.25) is 0 Å². The van der Waals surface area contributed by atoms with Gasteiger partial charge < -0.3 is 5.73 Å². The van der Waals surface area contributed by atoms with Crippen molar-refractivity contribution in [3.8, 4) is 0 Å². The summed E-state index contributed by atoms with van der Waals surface area (Å²) in [6.45, 7) is 4.00. The molecule has 0 spiro atoms. The zero-order chi connectivity index (χ0) is 10.4. The topological polar surface area (TPSA) is 51.3 Å². The monoisotopic (exact) mass is 189 g/mol. The van der Waals surface area contributed by atoms with Crippen molar-refractivity contribution >= 4 is 17.7 Å². The van der Waals surface area contributed by atoms with Crippen molar-refractivity contribution in [1.82, 2.24) is 4.98 Å². The van der Waals surface area contributed by atoms with Crippen molar-refractivity contribution in [2.45, 2.75) is 20.3 Å². The van der Waals surface area contributed by atoms with Crippen molar-refractivity contribution in [2.24, 2.45) is 4.99 Å². The molecule has 0 saturated carbocycles. The van der Waals surface area contributed by atoms with Crippen molar-refractivity contribution in [3.63, 3.8) is 0 Å². The lowest BCUT2D eigenvalue weighted by Gasteiger charge is -2.00. The molecule has 0 aliphatic carbocycles. The molecular weight excluding hydrogens is 174 g/mol. The molecule has 0 saturated heterocycles. The van der Waals surface area contributed by atoms with E-state index in [-0.39, 0.29) is 0 Å². The van der Waals surface area contributed by atoms with E-state index in [2.05, 4.69) is 16.9 Å². The summed E-state index contributed by atoms with van der Waals surface area (Å²) >= 11 is 0. The number of hydrogen-bond acceptors (Lipinski definition) is 3. The van der Waals surface area contributed by atoms with E-state index in [1.807, 2.05) is 25.1 Å². The highest BCUT2D eigenvalue weighted by Crippen LogP contribution is 2.19. The van der Waals surface area contributed by atoms with Crippen molar-refractivity contribution in [1.29, 1.82) is 0 Å². The van der Waals surface area contributed by atoms with Gasteiger partial charge in [-0.1, -0.05) is 13.0 Å². The molecule has 0 radical (unpaired) electrons. The predicted octanol–water partition coefficient (Wildman–Crippen LogP) is 2.50. The number of aryl methyl sites for hydroxylation is 1. The van der Waals surface area contributed by atoms with Gasteiger partial charge in [0.25, 0.3) is 0 Å². The van der Waals surface area contributed by atoms with Crippen LogP contribution >= 0.6 is 0 Å². The maximum absolute atomic E-state index is 5.78. The van der Waals surface area contributed by atoms with Gasteiger partial charge in [0, 0.05) is 12.4 Å². The Hall–Kier alpha value is -1.64. The summed E-state index contributed by atoms with van der Waals surface area (Å²) in [5.74, 6) is 0.584. The lowest BCUT2D eigenvalue weighted by molar-refractivity contribution is 1.10. The molecule has 0 aliphatic rings. The highest BCUT2D eigenvalue weighted by molar-refractivity contribution is 5.76. The molecule has 3 nitrogen and oxygen atoms in total. The lowest BCUT2D eigenvalue weighted by atomic mass is 10.2. The third-order valence-corrected chi connectivity index (χ3v) is 1.84. The highest BCUT2D eigenvalue weighted by atomic mass is 14.9. The largest absolute Gasteiger partial charge is 0.396 e. The van der Waals surface area contributed by atoms with Gasteiger partial charge in [-0.15, -0.1) is 0 Å². The SMILES string of the molecule is C/C=C\C=Nc1ncc(CC)cc1N. The Morgan fingerprint density at radius 2 is 2.36 bits per heavy atom. The molecule has 0 aliphatic heterocycles. The van der Waals surface area contributed by atoms with Crippen LogP contribution in [0.5, 0.6) is 0 Å². The van der Waals surface area contributed by atoms with Crippen LogP contribution in [0.3, 0.4) is 0 Å². The average molecular weight is 189 g/mol. The molecule has 0 unspecified atom stereocenters. The van der Waals surface area contributed by atoms with E-state index in [0.29, 0.717) is 11.5 Å². The van der Waals surface area contributed by atoms with Crippen LogP contribution in [0.25, 0.3) is 0 Å². The second-order valence-electron chi connectivity index (χ2n) is 2.91. The van der Waals surface area contributed by atoms with Crippen LogP contribution in [-0.2, 0) is 6.42 Å². The molecular formula is C11H15N3. The van der Waals surface area contributed by atoms with Crippen LogP contribution in [0.2, 0.25) is 0 Å². The van der Waals surface area contributed by atoms with Gasteiger partial charge >= 0.3 is 0 Å². The Morgan fingerprint density at radius 3 is 2.93 bits per heavy atom. The second-order valence-corrected chi connectivity index (χ2v) is 2.91. The third-order valence-electron chi connectivity index (χ3n) is 1.84. The number of rotatable bonds is 3. The number of anilines is 1. The Bertz CT molecular complexity index is 354. The fourth-order valence-corrected chi connectivity index (χ4v) is 1.02. The zero-order valence-corrected chi connectivity index (χ0v) is 8.57. The summed E-state index contributed by atoms with van der Waals surface area (Å²) in [6.07, 6.45) is 8.17. The van der Waals surface area contributed by atoms with Crippen LogP contribution < -0.4 is 5.73 Å². The first kappa shape index (κ1) is 10.4. The van der Waals surface area contributed by atoms with Gasteiger partial charge in [-0.2, -0.15) is 0 Å². The minimum Gasteiger partial charge on any atom is -0.396 e. The number of aliphatic imine (C=N–C) groups is 1. The number of nitrogens with zero attached hydrogens (tertiary/aromatic N) is 2. The van der Waals surface area contributed by atoms with Crippen LogP contribution in [0, 0.1) is 0 Å². The Kier molecular flexibility index (Phi) is 3.85. The van der Waals surface area contributed by atoms with Gasteiger partial charge in [0.2, 0.25) is 0 Å². The Morgan fingerprint density at radius 1 is 1.57 bits per heavy atom. The van der Waals surface area contributed by atoms with Crippen LogP contribution in [-0.4, -0.2) is 11.2 Å². The molecule has 1 rings (SSSR count). The molecule has 1 heterocycles. The predicted molar refractivity (Wildman–Crippen MR) is 61.0 cm³/mol. The van der Waals surface area contributed by atoms with E-state index in [1.54, 1.807) is 12.4 Å². The lowest BCUT2D eigenvalue weighted by Crippen LogP contribution is -1.91. The van der Waals surface area contributed by atoms with Crippen molar-refractivity contribution < 1.29 is 0 Å². The molecule has 3 heteroatoms. The Labute approximate surface area is 84.4 Å². The molecule has 74 valence electrons. The van der Waals surface area contributed by atoms with Crippen LogP contribution in [0.1, 0.15) is 19.4 Å². The fourth-order valence-electron chi connectivity index (χ4n) is 1.02. The maximum Gasteiger partial charge on any atom is 0.175 e. The van der Waals surface area contributed by atoms with E-state index in [4.69, 9.17) is 5.73 Å². The highest BCUT2D eigenvalue weighted by Gasteiger charge is 1.98. The van der Waals surface area contributed by atoms with Crippen molar-refractivity contribution in [3.05, 3.63) is 30.0 Å². The number of pyridine rings is 1. The second kappa shape index (κ2) is 5.17. The van der Waals surface area contributed by atoms with Crippen molar-refractivity contribution in [2.75, 3.05) is 5.73 Å². The minimum absolute atomic E-state index is 0.584. The molecule has 0 atom stereocenters. The molecule has 0 amide bonds. The van der Waals surface area contributed by atoms with Gasteiger partial charge in [-0.05, 0) is 31.1 Å². The molecule has 2 N–H and O–H groups in total. The van der Waals surface area contributed by atoms with E-state index >= 15 is 0 Å². The standard InChI is InChI=1S/C11H15N3/c1-3-5-6-13-11-10(12)7-9(4-2)8-14-11/h3,5-8H,4,12H2,1-2H3/b5-3-,13-6?. The summed E-state index contributed by atoms with van der Waals surface area (Å²) in [5, 5.41) is 0. The third kappa shape index (κ3) is 2.69. The quantitative estimate of drug-likeness (QED) is 0.743. The first-order valence-corrected chi connectivity index (χ1v) is 4.67. The summed E-state index contributed by atoms with van der Waals surface area (Å²) < 4.78 is 0. The number of nitrogen functional groups attached to an aromatic ring is 1. The average Bonchev–Trinajstić information content (AvgIpc) is 2.20. The first-order chi connectivity index (χ1) is 6.77. The number of hydrogen-bond donors (Lipinski definition) is 1. The summed E-state index contributed by atoms with van der Waals surface area (Å²) in [4.78, 5) is 8.29. The van der Waals surface area contributed by atoms with Gasteiger partial charge in [-0.25, -0.2) is 9.98 Å². The minimum atomic E-state index is 0.584. The Balaban J connectivity index is 2.89. The van der Waals surface area contributed by atoms with E-state index in [9.17, 15) is 0 Å². The van der Waals surface area contributed by atoms with E-state index in [1.165, 1.54) is 0 Å². The van der Waals surface area contributed by atoms with Gasteiger partial charge in [0.05, 0.1) is 5.69 Å². The summed E-state index contributed by atoms with van der Waals surface area (Å²) in [6, 6.07) is 1.91. The molecule has 0 aromatic carbocycles. The normalized spacial score (nSPS) is 11.6. The molecule has 1 aromatic rings. The van der Waals surface area contributed by atoms with Gasteiger partial charge in [0.15, 0.2) is 5.82 Å². The first-order valence-electron chi connectivity index (χ1n) is 4.67. The summed E-state index contributed by atoms with van der Waals surface area (Å²) in [5.41, 5.74) is 7.54. The van der Waals surface area contributed by atoms with Gasteiger partial charge in [0.1, 0.15) is 0 Å². The fraction of sp³-hybridized carbons (Fsp3) is 0.273. The number of nitrogens with two attached hydrogens (primary N) is 1. The smallest absolute Gasteiger partial charge is 0.175 e. The number of aromatic nitrogens is 1. The molecule has 1 aromatic heterocycles. The molecule has 0 fully saturated rings. The summed E-state index contributed by atoms with van der Waals surface area (Å²) in [7, 11) is 0. The zero-order valence-electron chi connectivity index (χ0n) is 8.57. The van der Waals surface area contributed by atoms with Crippen LogP contribution in [0.4, 0.5) is 11.5 Å². The molecule has 14 heavy (non-hydrogen) atoms. The maximum atomic E-state index is 5.78.